The van der Waals surface area contributed by atoms with Crippen molar-refractivity contribution in [2.24, 2.45) is 0 Å². The standard InChI is InChI=1S/C18H22N4O3S/c1-22(2)15-6-3-5-13(11-15)18(25)21-20-16(23)7-4-9-19-17(24)14-8-10-26-12-14/h3,5-6,8,10-12H,4,7,9H2,1-2H3,(H,19,24)(H,20,23)(H,21,25). The Morgan fingerprint density at radius 3 is 2.54 bits per heavy atom. The van der Waals surface area contributed by atoms with Gasteiger partial charge in [-0.05, 0) is 36.1 Å². The Morgan fingerprint density at radius 1 is 1.04 bits per heavy atom. The molecule has 0 fully saturated rings. The first-order chi connectivity index (χ1) is 12.5. The highest BCUT2D eigenvalue weighted by Crippen LogP contribution is 2.13. The smallest absolute Gasteiger partial charge is 0.269 e. The topological polar surface area (TPSA) is 90.5 Å². The summed E-state index contributed by atoms with van der Waals surface area (Å²) in [5.74, 6) is -0.847. The highest BCUT2D eigenvalue weighted by molar-refractivity contribution is 7.08. The first-order valence-electron chi connectivity index (χ1n) is 8.14. The molecule has 1 heterocycles. The van der Waals surface area contributed by atoms with E-state index >= 15 is 0 Å². The van der Waals surface area contributed by atoms with Crippen LogP contribution in [0.2, 0.25) is 0 Å². The molecule has 3 amide bonds. The molecule has 8 heteroatoms. The maximum atomic E-state index is 12.1. The molecule has 0 radical (unpaired) electrons. The van der Waals surface area contributed by atoms with E-state index in [1.165, 1.54) is 11.3 Å². The molecule has 0 aliphatic heterocycles. The largest absolute Gasteiger partial charge is 0.378 e. The van der Waals surface area contributed by atoms with Crippen LogP contribution in [0.4, 0.5) is 5.69 Å². The van der Waals surface area contributed by atoms with Gasteiger partial charge in [0, 0.05) is 49.3 Å². The number of nitrogens with zero attached hydrogens (tertiary/aromatic N) is 1. The van der Waals surface area contributed by atoms with Gasteiger partial charge in [-0.3, -0.25) is 25.2 Å². The minimum Gasteiger partial charge on any atom is -0.378 e. The van der Waals surface area contributed by atoms with Crippen molar-refractivity contribution in [1.82, 2.24) is 16.2 Å². The third kappa shape index (κ3) is 5.89. The van der Waals surface area contributed by atoms with E-state index < -0.39 is 0 Å². The van der Waals surface area contributed by atoms with Crippen LogP contribution in [0.5, 0.6) is 0 Å². The van der Waals surface area contributed by atoms with Gasteiger partial charge in [0.05, 0.1) is 0 Å². The summed E-state index contributed by atoms with van der Waals surface area (Å²) >= 11 is 1.45. The van der Waals surface area contributed by atoms with Crippen LogP contribution >= 0.6 is 11.3 Å². The van der Waals surface area contributed by atoms with Crippen molar-refractivity contribution in [3.8, 4) is 0 Å². The molecule has 0 saturated heterocycles. The van der Waals surface area contributed by atoms with Crippen LogP contribution in [0, 0.1) is 0 Å². The molecule has 0 spiro atoms. The van der Waals surface area contributed by atoms with Gasteiger partial charge >= 0.3 is 0 Å². The number of benzene rings is 1. The molecule has 138 valence electrons. The van der Waals surface area contributed by atoms with Gasteiger partial charge in [-0.2, -0.15) is 11.3 Å². The van der Waals surface area contributed by atoms with E-state index in [2.05, 4.69) is 16.2 Å². The van der Waals surface area contributed by atoms with E-state index in [1.54, 1.807) is 29.6 Å². The minimum atomic E-state index is -0.382. The van der Waals surface area contributed by atoms with E-state index in [0.29, 0.717) is 24.1 Å². The normalized spacial score (nSPS) is 10.1. The monoisotopic (exact) mass is 374 g/mol. The van der Waals surface area contributed by atoms with Crippen LogP contribution in [0.25, 0.3) is 0 Å². The van der Waals surface area contributed by atoms with E-state index in [0.717, 1.165) is 5.69 Å². The summed E-state index contributed by atoms with van der Waals surface area (Å²) < 4.78 is 0. The number of carbonyl (C=O) groups is 3. The number of hydrogen-bond acceptors (Lipinski definition) is 5. The average molecular weight is 374 g/mol. The van der Waals surface area contributed by atoms with E-state index in [9.17, 15) is 14.4 Å². The lowest BCUT2D eigenvalue weighted by molar-refractivity contribution is -0.121. The number of rotatable bonds is 7. The van der Waals surface area contributed by atoms with E-state index in [-0.39, 0.29) is 24.1 Å². The molecule has 26 heavy (non-hydrogen) atoms. The van der Waals surface area contributed by atoms with Crippen molar-refractivity contribution in [3.63, 3.8) is 0 Å². The quantitative estimate of drug-likeness (QED) is 0.509. The summed E-state index contributed by atoms with van der Waals surface area (Å²) in [7, 11) is 3.77. The van der Waals surface area contributed by atoms with Crippen LogP contribution < -0.4 is 21.1 Å². The van der Waals surface area contributed by atoms with Crippen molar-refractivity contribution in [3.05, 3.63) is 52.2 Å². The van der Waals surface area contributed by atoms with E-state index in [1.807, 2.05) is 30.4 Å². The second-order valence-electron chi connectivity index (χ2n) is 5.82. The summed E-state index contributed by atoms with van der Waals surface area (Å²) in [5, 5.41) is 6.34. The molecule has 7 nitrogen and oxygen atoms in total. The van der Waals surface area contributed by atoms with Crippen molar-refractivity contribution in [2.75, 3.05) is 25.5 Å². The van der Waals surface area contributed by atoms with Gasteiger partial charge in [0.2, 0.25) is 5.91 Å². The molecular formula is C18H22N4O3S. The zero-order valence-electron chi connectivity index (χ0n) is 14.7. The van der Waals surface area contributed by atoms with Crippen molar-refractivity contribution in [1.29, 1.82) is 0 Å². The van der Waals surface area contributed by atoms with Gasteiger partial charge in [0.25, 0.3) is 11.8 Å². The zero-order valence-corrected chi connectivity index (χ0v) is 15.6. The third-order valence-corrected chi connectivity index (χ3v) is 4.27. The molecule has 1 aromatic carbocycles. The maximum absolute atomic E-state index is 12.1. The van der Waals surface area contributed by atoms with Gasteiger partial charge in [-0.25, -0.2) is 0 Å². The fourth-order valence-electron chi connectivity index (χ4n) is 2.13. The van der Waals surface area contributed by atoms with Gasteiger partial charge in [0.1, 0.15) is 0 Å². The second-order valence-corrected chi connectivity index (χ2v) is 6.60. The van der Waals surface area contributed by atoms with Crippen LogP contribution in [-0.4, -0.2) is 38.4 Å². The minimum absolute atomic E-state index is 0.152. The Balaban J connectivity index is 1.67. The molecular weight excluding hydrogens is 352 g/mol. The second kappa shape index (κ2) is 9.57. The molecule has 0 saturated carbocycles. The average Bonchev–Trinajstić information content (AvgIpc) is 3.18. The SMILES string of the molecule is CN(C)c1cccc(C(=O)NNC(=O)CCCNC(=O)c2ccsc2)c1. The molecule has 0 bridgehead atoms. The Morgan fingerprint density at radius 2 is 1.85 bits per heavy atom. The van der Waals surface area contributed by atoms with Crippen molar-refractivity contribution >= 4 is 34.7 Å². The molecule has 0 aliphatic carbocycles. The number of anilines is 1. The summed E-state index contributed by atoms with van der Waals surface area (Å²) in [6.45, 7) is 0.390. The lowest BCUT2D eigenvalue weighted by Crippen LogP contribution is -2.41. The lowest BCUT2D eigenvalue weighted by Gasteiger charge is -2.13. The van der Waals surface area contributed by atoms with Gasteiger partial charge in [-0.15, -0.1) is 0 Å². The van der Waals surface area contributed by atoms with Crippen molar-refractivity contribution in [2.45, 2.75) is 12.8 Å². The summed E-state index contributed by atoms with van der Waals surface area (Å²) in [6, 6.07) is 8.82. The highest BCUT2D eigenvalue weighted by Gasteiger charge is 2.09. The predicted octanol–water partition coefficient (Wildman–Crippen LogP) is 1.79. The molecule has 0 unspecified atom stereocenters. The zero-order chi connectivity index (χ0) is 18.9. The third-order valence-electron chi connectivity index (χ3n) is 3.59. The van der Waals surface area contributed by atoms with Crippen molar-refractivity contribution < 1.29 is 14.4 Å². The number of amides is 3. The first kappa shape index (κ1) is 19.5. The Labute approximate surface area is 156 Å². The predicted molar refractivity (Wildman–Crippen MR) is 102 cm³/mol. The van der Waals surface area contributed by atoms with Crippen LogP contribution in [0.15, 0.2) is 41.1 Å². The Bertz CT molecular complexity index is 760. The molecule has 2 aromatic rings. The van der Waals surface area contributed by atoms with Crippen LogP contribution in [0.3, 0.4) is 0 Å². The first-order valence-corrected chi connectivity index (χ1v) is 9.08. The number of hydrazine groups is 1. The Kier molecular flexibility index (Phi) is 7.16. The van der Waals surface area contributed by atoms with Gasteiger partial charge < -0.3 is 10.2 Å². The number of thiophene rings is 1. The molecule has 0 atom stereocenters. The highest BCUT2D eigenvalue weighted by atomic mass is 32.1. The molecule has 3 N–H and O–H groups in total. The van der Waals surface area contributed by atoms with Crippen LogP contribution in [-0.2, 0) is 4.79 Å². The van der Waals surface area contributed by atoms with Gasteiger partial charge in [-0.1, -0.05) is 6.07 Å². The molecule has 0 aliphatic rings. The van der Waals surface area contributed by atoms with Gasteiger partial charge in [0.15, 0.2) is 0 Å². The number of nitrogens with one attached hydrogen (secondary N) is 3. The number of carbonyl (C=O) groups excluding carboxylic acids is 3. The summed E-state index contributed by atoms with van der Waals surface area (Å²) in [5.41, 5.74) is 6.75. The maximum Gasteiger partial charge on any atom is 0.269 e. The summed E-state index contributed by atoms with van der Waals surface area (Å²) in [4.78, 5) is 37.5. The fraction of sp³-hybridized carbons (Fsp3) is 0.278. The Hall–Kier alpha value is -2.87. The fourth-order valence-corrected chi connectivity index (χ4v) is 2.77. The lowest BCUT2D eigenvalue weighted by atomic mass is 10.2. The van der Waals surface area contributed by atoms with E-state index in [4.69, 9.17) is 0 Å². The molecule has 1 aromatic heterocycles. The summed E-state index contributed by atoms with van der Waals surface area (Å²) in [6.07, 6.45) is 0.676. The molecule has 2 rings (SSSR count). The van der Waals surface area contributed by atoms with Crippen LogP contribution in [0.1, 0.15) is 33.6 Å². The number of hydrogen-bond donors (Lipinski definition) is 3.